The largest absolute Gasteiger partial charge is 0.295 e. The van der Waals surface area contributed by atoms with E-state index in [1.54, 1.807) is 6.08 Å². The Hall–Kier alpha value is -0.300. The summed E-state index contributed by atoms with van der Waals surface area (Å²) in [4.78, 5) is 11.1. The molecule has 1 nitrogen and oxygen atoms in total. The van der Waals surface area contributed by atoms with Crippen LogP contribution in [0, 0.1) is 0 Å². The van der Waals surface area contributed by atoms with Crippen LogP contribution in [0.4, 0.5) is 0 Å². The highest BCUT2D eigenvalue weighted by atomic mass is 35.5. The first-order valence-corrected chi connectivity index (χ1v) is 6.56. The molecule has 0 saturated heterocycles. The van der Waals surface area contributed by atoms with Crippen molar-refractivity contribution in [2.45, 2.75) is 58.3 Å². The zero-order chi connectivity index (χ0) is 11.4. The van der Waals surface area contributed by atoms with E-state index in [-0.39, 0.29) is 5.78 Å². The molecule has 0 saturated carbocycles. The van der Waals surface area contributed by atoms with Gasteiger partial charge in [-0.2, -0.15) is 0 Å². The SMILES string of the molecule is C/C=C/C(=O)CCCCCCCCCCl. The number of unbranched alkanes of at least 4 members (excludes halogenated alkanes) is 6. The molecule has 0 rings (SSSR count). The molecule has 0 heterocycles. The van der Waals surface area contributed by atoms with Crippen LogP contribution in [0.25, 0.3) is 0 Å². The van der Waals surface area contributed by atoms with E-state index < -0.39 is 0 Å². The molecule has 0 unspecified atom stereocenters. The maximum atomic E-state index is 11.1. The molecule has 88 valence electrons. The third-order valence-electron chi connectivity index (χ3n) is 2.41. The van der Waals surface area contributed by atoms with Crippen LogP contribution in [-0.4, -0.2) is 11.7 Å². The minimum absolute atomic E-state index is 0.264. The average Bonchev–Trinajstić information content (AvgIpc) is 2.22. The van der Waals surface area contributed by atoms with E-state index >= 15 is 0 Å². The number of carbonyl (C=O) groups excluding carboxylic acids is 1. The van der Waals surface area contributed by atoms with Crippen LogP contribution in [0.15, 0.2) is 12.2 Å². The van der Waals surface area contributed by atoms with Crippen molar-refractivity contribution in [2.75, 3.05) is 5.88 Å². The molecular weight excluding hydrogens is 208 g/mol. The zero-order valence-corrected chi connectivity index (χ0v) is 10.6. The highest BCUT2D eigenvalue weighted by Crippen LogP contribution is 2.09. The van der Waals surface area contributed by atoms with Gasteiger partial charge < -0.3 is 0 Å². The Balaban J connectivity index is 3.08. The second-order valence-electron chi connectivity index (χ2n) is 3.88. The predicted molar refractivity (Wildman–Crippen MR) is 67.5 cm³/mol. The van der Waals surface area contributed by atoms with Crippen molar-refractivity contribution in [1.82, 2.24) is 0 Å². The molecule has 0 bridgehead atoms. The summed E-state index contributed by atoms with van der Waals surface area (Å²) in [5.74, 6) is 1.05. The van der Waals surface area contributed by atoms with Crippen LogP contribution in [0.3, 0.4) is 0 Å². The highest BCUT2D eigenvalue weighted by molar-refractivity contribution is 6.17. The fraction of sp³-hybridized carbons (Fsp3) is 0.769. The first-order chi connectivity index (χ1) is 7.31. The number of halogens is 1. The average molecular weight is 231 g/mol. The number of alkyl halides is 1. The van der Waals surface area contributed by atoms with Crippen LogP contribution < -0.4 is 0 Å². The second-order valence-corrected chi connectivity index (χ2v) is 4.26. The highest BCUT2D eigenvalue weighted by Gasteiger charge is 1.96. The van der Waals surface area contributed by atoms with Crippen molar-refractivity contribution in [3.8, 4) is 0 Å². The van der Waals surface area contributed by atoms with Gasteiger partial charge in [0.2, 0.25) is 0 Å². The van der Waals surface area contributed by atoms with Gasteiger partial charge in [0.25, 0.3) is 0 Å². The Kier molecular flexibility index (Phi) is 11.5. The molecule has 0 aromatic carbocycles. The van der Waals surface area contributed by atoms with E-state index in [4.69, 9.17) is 11.6 Å². The monoisotopic (exact) mass is 230 g/mol. The standard InChI is InChI=1S/C13H23ClO/c1-2-10-13(15)11-8-6-4-3-5-7-9-12-14/h2,10H,3-9,11-12H2,1H3/b10-2+. The molecule has 0 amide bonds. The number of hydrogen-bond acceptors (Lipinski definition) is 1. The molecule has 0 atom stereocenters. The van der Waals surface area contributed by atoms with Crippen LogP contribution in [0.5, 0.6) is 0 Å². The Morgan fingerprint density at radius 2 is 1.53 bits per heavy atom. The van der Waals surface area contributed by atoms with E-state index in [0.717, 1.165) is 18.7 Å². The number of allylic oxidation sites excluding steroid dienone is 2. The van der Waals surface area contributed by atoms with Gasteiger partial charge in [0, 0.05) is 12.3 Å². The summed E-state index contributed by atoms with van der Waals surface area (Å²) in [6.45, 7) is 1.88. The van der Waals surface area contributed by atoms with Crippen LogP contribution >= 0.6 is 11.6 Å². The molecular formula is C13H23ClO. The van der Waals surface area contributed by atoms with Gasteiger partial charge in [-0.25, -0.2) is 0 Å². The summed E-state index contributed by atoms with van der Waals surface area (Å²) in [6.07, 6.45) is 12.6. The number of ketones is 1. The summed E-state index contributed by atoms with van der Waals surface area (Å²) in [6, 6.07) is 0. The number of hydrogen-bond donors (Lipinski definition) is 0. The Morgan fingerprint density at radius 1 is 1.00 bits per heavy atom. The molecule has 0 aromatic heterocycles. The Bertz CT molecular complexity index is 175. The van der Waals surface area contributed by atoms with Gasteiger partial charge in [0.05, 0.1) is 0 Å². The van der Waals surface area contributed by atoms with Crippen LogP contribution in [-0.2, 0) is 4.79 Å². The Labute approximate surface area is 98.9 Å². The molecule has 0 aliphatic heterocycles. The minimum Gasteiger partial charge on any atom is -0.295 e. The molecule has 0 aliphatic carbocycles. The summed E-state index contributed by atoms with van der Waals surface area (Å²) in [5.41, 5.74) is 0. The molecule has 0 spiro atoms. The third-order valence-corrected chi connectivity index (χ3v) is 2.68. The van der Waals surface area contributed by atoms with Crippen molar-refractivity contribution in [3.05, 3.63) is 12.2 Å². The van der Waals surface area contributed by atoms with Crippen molar-refractivity contribution in [1.29, 1.82) is 0 Å². The van der Waals surface area contributed by atoms with E-state index in [9.17, 15) is 4.79 Å². The van der Waals surface area contributed by atoms with Gasteiger partial charge in [-0.15, -0.1) is 11.6 Å². The summed E-state index contributed by atoms with van der Waals surface area (Å²) in [7, 11) is 0. The third kappa shape index (κ3) is 11.6. The molecule has 15 heavy (non-hydrogen) atoms. The lowest BCUT2D eigenvalue weighted by atomic mass is 10.1. The quantitative estimate of drug-likeness (QED) is 0.307. The number of rotatable bonds is 10. The van der Waals surface area contributed by atoms with Crippen molar-refractivity contribution < 1.29 is 4.79 Å². The lowest BCUT2D eigenvalue weighted by molar-refractivity contribution is -0.114. The predicted octanol–water partition coefficient (Wildman–Crippen LogP) is 4.49. The van der Waals surface area contributed by atoms with Crippen molar-refractivity contribution >= 4 is 17.4 Å². The van der Waals surface area contributed by atoms with Crippen molar-refractivity contribution in [3.63, 3.8) is 0 Å². The first-order valence-electron chi connectivity index (χ1n) is 6.02. The summed E-state index contributed by atoms with van der Waals surface area (Å²) in [5, 5.41) is 0. The summed E-state index contributed by atoms with van der Waals surface area (Å²) < 4.78 is 0. The van der Waals surface area contributed by atoms with Gasteiger partial charge in [0.15, 0.2) is 5.78 Å². The fourth-order valence-corrected chi connectivity index (χ4v) is 1.74. The lowest BCUT2D eigenvalue weighted by Gasteiger charge is -1.99. The molecule has 2 heteroatoms. The normalized spacial score (nSPS) is 11.1. The number of carbonyl (C=O) groups is 1. The van der Waals surface area contributed by atoms with E-state index in [1.165, 1.54) is 32.1 Å². The van der Waals surface area contributed by atoms with E-state index in [1.807, 2.05) is 13.0 Å². The fourth-order valence-electron chi connectivity index (χ4n) is 1.55. The second kappa shape index (κ2) is 11.8. The van der Waals surface area contributed by atoms with Gasteiger partial charge in [-0.3, -0.25) is 4.79 Å². The topological polar surface area (TPSA) is 17.1 Å². The summed E-state index contributed by atoms with van der Waals surface area (Å²) >= 11 is 5.58. The maximum absolute atomic E-state index is 11.1. The van der Waals surface area contributed by atoms with Gasteiger partial charge in [0.1, 0.15) is 0 Å². The maximum Gasteiger partial charge on any atom is 0.155 e. The van der Waals surface area contributed by atoms with E-state index in [2.05, 4.69) is 0 Å². The van der Waals surface area contributed by atoms with Crippen LogP contribution in [0.1, 0.15) is 58.3 Å². The zero-order valence-electron chi connectivity index (χ0n) is 9.80. The van der Waals surface area contributed by atoms with Gasteiger partial charge >= 0.3 is 0 Å². The Morgan fingerprint density at radius 3 is 2.07 bits per heavy atom. The van der Waals surface area contributed by atoms with Crippen molar-refractivity contribution in [2.24, 2.45) is 0 Å². The molecule has 0 N–H and O–H groups in total. The van der Waals surface area contributed by atoms with Gasteiger partial charge in [-0.05, 0) is 25.8 Å². The molecule has 0 aromatic rings. The first kappa shape index (κ1) is 14.7. The molecule has 0 aliphatic rings. The lowest BCUT2D eigenvalue weighted by Crippen LogP contribution is -1.91. The van der Waals surface area contributed by atoms with E-state index in [0.29, 0.717) is 6.42 Å². The van der Waals surface area contributed by atoms with Crippen LogP contribution in [0.2, 0.25) is 0 Å². The molecule has 0 radical (unpaired) electrons. The minimum atomic E-state index is 0.264. The molecule has 0 fully saturated rings. The van der Waals surface area contributed by atoms with Gasteiger partial charge in [-0.1, -0.05) is 38.2 Å². The smallest absolute Gasteiger partial charge is 0.155 e.